The summed E-state index contributed by atoms with van der Waals surface area (Å²) in [5, 5.41) is 8.72. The Balaban J connectivity index is 2.44. The molecule has 1 aliphatic rings. The molecule has 0 aromatic heterocycles. The van der Waals surface area contributed by atoms with Crippen molar-refractivity contribution >= 4 is 0 Å². The highest BCUT2D eigenvalue weighted by molar-refractivity contribution is 4.86. The van der Waals surface area contributed by atoms with E-state index in [9.17, 15) is 0 Å². The molecular formula is C12H22N2. The van der Waals surface area contributed by atoms with E-state index < -0.39 is 0 Å². The topological polar surface area (TPSA) is 27.0 Å². The molecule has 0 saturated carbocycles. The summed E-state index contributed by atoms with van der Waals surface area (Å²) in [5.41, 5.74) is 0.515. The molecule has 0 N–H and O–H groups in total. The van der Waals surface area contributed by atoms with Crippen molar-refractivity contribution in [2.75, 3.05) is 13.1 Å². The van der Waals surface area contributed by atoms with Crippen LogP contribution in [0.25, 0.3) is 0 Å². The van der Waals surface area contributed by atoms with E-state index in [1.54, 1.807) is 0 Å². The lowest BCUT2D eigenvalue weighted by molar-refractivity contribution is 0.0933. The maximum Gasteiger partial charge on any atom is 0.0638 e. The Hall–Kier alpha value is -0.550. The molecule has 0 aliphatic carbocycles. The van der Waals surface area contributed by atoms with Crippen LogP contribution in [0.2, 0.25) is 0 Å². The molecule has 1 heterocycles. The van der Waals surface area contributed by atoms with Gasteiger partial charge in [0, 0.05) is 6.04 Å². The lowest BCUT2D eigenvalue weighted by Gasteiger charge is -2.40. The molecule has 0 aromatic rings. The molecule has 1 atom stereocenters. The average molecular weight is 194 g/mol. The lowest BCUT2D eigenvalue weighted by atomic mass is 9.82. The Kier molecular flexibility index (Phi) is 3.95. The van der Waals surface area contributed by atoms with Crippen LogP contribution in [0.3, 0.4) is 0 Å². The maximum atomic E-state index is 8.72. The fourth-order valence-electron chi connectivity index (χ4n) is 2.13. The van der Waals surface area contributed by atoms with Crippen molar-refractivity contribution in [1.82, 2.24) is 4.90 Å². The van der Waals surface area contributed by atoms with Gasteiger partial charge in [-0.15, -0.1) is 0 Å². The molecule has 0 bridgehead atoms. The first kappa shape index (κ1) is 11.5. The third-order valence-electron chi connectivity index (χ3n) is 3.47. The third-order valence-corrected chi connectivity index (χ3v) is 3.47. The minimum Gasteiger partial charge on any atom is -0.299 e. The summed E-state index contributed by atoms with van der Waals surface area (Å²) in [6, 6.07) is 2.79. The van der Waals surface area contributed by atoms with Crippen LogP contribution in [0.4, 0.5) is 0 Å². The first-order valence-electron chi connectivity index (χ1n) is 5.70. The molecule has 1 fully saturated rings. The van der Waals surface area contributed by atoms with Gasteiger partial charge in [-0.25, -0.2) is 0 Å². The van der Waals surface area contributed by atoms with Crippen LogP contribution in [0, 0.1) is 16.7 Å². The summed E-state index contributed by atoms with van der Waals surface area (Å²) in [6.07, 6.45) is 4.34. The van der Waals surface area contributed by atoms with Gasteiger partial charge in [-0.05, 0) is 37.8 Å². The molecule has 1 aliphatic heterocycles. The largest absolute Gasteiger partial charge is 0.299 e. The summed E-state index contributed by atoms with van der Waals surface area (Å²) in [4.78, 5) is 2.49. The van der Waals surface area contributed by atoms with Crippen LogP contribution in [-0.4, -0.2) is 24.0 Å². The number of nitrogens with zero attached hydrogens (tertiary/aromatic N) is 2. The van der Waals surface area contributed by atoms with Gasteiger partial charge in [0.05, 0.1) is 12.5 Å². The highest BCUT2D eigenvalue weighted by atomic mass is 15.2. The van der Waals surface area contributed by atoms with Crippen LogP contribution in [0.15, 0.2) is 0 Å². The van der Waals surface area contributed by atoms with Gasteiger partial charge in [-0.1, -0.05) is 20.8 Å². The van der Waals surface area contributed by atoms with Gasteiger partial charge in [-0.2, -0.15) is 5.26 Å². The summed E-state index contributed by atoms with van der Waals surface area (Å²) >= 11 is 0. The van der Waals surface area contributed by atoms with Crippen LogP contribution in [0.1, 0.15) is 46.5 Å². The molecule has 1 saturated heterocycles. The highest BCUT2D eigenvalue weighted by Gasteiger charge is 2.28. The predicted octanol–water partition coefficient (Wildman–Crippen LogP) is 2.80. The Morgan fingerprint density at radius 1 is 1.36 bits per heavy atom. The minimum atomic E-state index is 0.496. The standard InChI is InChI=1S/C12H22N2/c1-4-11(5-8-13)14-9-6-12(2,3)7-10-14/h11H,4-7,9-10H2,1-3H3. The molecule has 0 aromatic carbocycles. The zero-order valence-corrected chi connectivity index (χ0v) is 9.71. The predicted molar refractivity (Wildman–Crippen MR) is 58.9 cm³/mol. The Labute approximate surface area is 87.9 Å². The normalized spacial score (nSPS) is 24.1. The number of piperidine rings is 1. The van der Waals surface area contributed by atoms with E-state index in [0.717, 1.165) is 6.42 Å². The monoisotopic (exact) mass is 194 g/mol. The van der Waals surface area contributed by atoms with Crippen LogP contribution in [-0.2, 0) is 0 Å². The van der Waals surface area contributed by atoms with Crippen LogP contribution < -0.4 is 0 Å². The molecule has 0 radical (unpaired) electrons. The van der Waals surface area contributed by atoms with Gasteiger partial charge in [0.1, 0.15) is 0 Å². The van der Waals surface area contributed by atoms with Gasteiger partial charge in [0.25, 0.3) is 0 Å². The van der Waals surface area contributed by atoms with Crippen molar-refractivity contribution in [3.05, 3.63) is 0 Å². The summed E-state index contributed by atoms with van der Waals surface area (Å²) in [7, 11) is 0. The van der Waals surface area contributed by atoms with Crippen molar-refractivity contribution in [3.8, 4) is 6.07 Å². The molecule has 0 amide bonds. The quantitative estimate of drug-likeness (QED) is 0.690. The second-order valence-corrected chi connectivity index (χ2v) is 5.12. The number of hydrogen-bond donors (Lipinski definition) is 0. The van der Waals surface area contributed by atoms with Crippen molar-refractivity contribution in [2.24, 2.45) is 5.41 Å². The number of rotatable bonds is 3. The number of likely N-dealkylation sites (tertiary alicyclic amines) is 1. The average Bonchev–Trinajstić information content (AvgIpc) is 2.15. The SMILES string of the molecule is CCC(CC#N)N1CCC(C)(C)CC1. The summed E-state index contributed by atoms with van der Waals surface area (Å²) < 4.78 is 0. The highest BCUT2D eigenvalue weighted by Crippen LogP contribution is 2.31. The molecule has 1 rings (SSSR count). The van der Waals surface area contributed by atoms with E-state index in [0.29, 0.717) is 17.9 Å². The van der Waals surface area contributed by atoms with Crippen LogP contribution in [0.5, 0.6) is 0 Å². The lowest BCUT2D eigenvalue weighted by Crippen LogP contribution is -2.43. The van der Waals surface area contributed by atoms with Gasteiger partial charge < -0.3 is 0 Å². The van der Waals surface area contributed by atoms with E-state index in [4.69, 9.17) is 5.26 Å². The zero-order valence-electron chi connectivity index (χ0n) is 9.71. The van der Waals surface area contributed by atoms with Gasteiger partial charge in [0.15, 0.2) is 0 Å². The number of hydrogen-bond acceptors (Lipinski definition) is 2. The fourth-order valence-corrected chi connectivity index (χ4v) is 2.13. The van der Waals surface area contributed by atoms with Gasteiger partial charge in [0.2, 0.25) is 0 Å². The fraction of sp³-hybridized carbons (Fsp3) is 0.917. The second kappa shape index (κ2) is 4.79. The first-order chi connectivity index (χ1) is 6.59. The molecule has 1 unspecified atom stereocenters. The van der Waals surface area contributed by atoms with Gasteiger partial charge in [-0.3, -0.25) is 4.90 Å². The van der Waals surface area contributed by atoms with Crippen molar-refractivity contribution in [2.45, 2.75) is 52.5 Å². The molecule has 80 valence electrons. The Bertz CT molecular complexity index is 205. The molecular weight excluding hydrogens is 172 g/mol. The van der Waals surface area contributed by atoms with E-state index in [-0.39, 0.29) is 0 Å². The number of nitriles is 1. The van der Waals surface area contributed by atoms with E-state index in [1.807, 2.05) is 0 Å². The van der Waals surface area contributed by atoms with E-state index in [2.05, 4.69) is 31.7 Å². The summed E-state index contributed by atoms with van der Waals surface area (Å²) in [5.74, 6) is 0. The zero-order chi connectivity index (χ0) is 10.6. The van der Waals surface area contributed by atoms with E-state index >= 15 is 0 Å². The maximum absolute atomic E-state index is 8.72. The first-order valence-corrected chi connectivity index (χ1v) is 5.70. The van der Waals surface area contributed by atoms with Crippen molar-refractivity contribution < 1.29 is 0 Å². The van der Waals surface area contributed by atoms with Gasteiger partial charge >= 0.3 is 0 Å². The van der Waals surface area contributed by atoms with Crippen molar-refractivity contribution in [3.63, 3.8) is 0 Å². The molecule has 2 nitrogen and oxygen atoms in total. The van der Waals surface area contributed by atoms with Crippen molar-refractivity contribution in [1.29, 1.82) is 5.26 Å². The second-order valence-electron chi connectivity index (χ2n) is 5.12. The minimum absolute atomic E-state index is 0.496. The Morgan fingerprint density at radius 2 is 1.93 bits per heavy atom. The Morgan fingerprint density at radius 3 is 2.36 bits per heavy atom. The third kappa shape index (κ3) is 2.99. The summed E-state index contributed by atoms with van der Waals surface area (Å²) in [6.45, 7) is 9.22. The molecule has 0 spiro atoms. The van der Waals surface area contributed by atoms with Crippen LogP contribution >= 0.6 is 0 Å². The smallest absolute Gasteiger partial charge is 0.0638 e. The molecule has 2 heteroatoms. The molecule has 14 heavy (non-hydrogen) atoms. The van der Waals surface area contributed by atoms with E-state index in [1.165, 1.54) is 25.9 Å².